The Labute approximate surface area is 111 Å². The first kappa shape index (κ1) is 13.2. The zero-order valence-corrected chi connectivity index (χ0v) is 11.2. The van der Waals surface area contributed by atoms with Crippen LogP contribution in [0.3, 0.4) is 0 Å². The number of carbonyl (C=O) groups excluding carboxylic acids is 1. The van der Waals surface area contributed by atoms with Crippen molar-refractivity contribution in [2.24, 2.45) is 4.99 Å². The Kier molecular flexibility index (Phi) is 3.59. The number of amides is 1. The van der Waals surface area contributed by atoms with Crippen molar-refractivity contribution >= 4 is 11.8 Å². The number of aromatic nitrogens is 2. The van der Waals surface area contributed by atoms with Crippen LogP contribution < -0.4 is 0 Å². The molecule has 0 saturated heterocycles. The van der Waals surface area contributed by atoms with E-state index in [1.807, 2.05) is 20.8 Å². The second-order valence-electron chi connectivity index (χ2n) is 5.07. The fraction of sp³-hybridized carbons (Fsp3) is 0.385. The summed E-state index contributed by atoms with van der Waals surface area (Å²) in [4.78, 5) is 25.8. The minimum atomic E-state index is -0.522. The van der Waals surface area contributed by atoms with Crippen LogP contribution in [0, 0.1) is 0 Å². The van der Waals surface area contributed by atoms with E-state index in [-0.39, 0.29) is 0 Å². The molecule has 0 fully saturated rings. The zero-order valence-electron chi connectivity index (χ0n) is 11.2. The molecular weight excluding hydrogens is 244 g/mol. The predicted molar refractivity (Wildman–Crippen MR) is 70.6 cm³/mol. The van der Waals surface area contributed by atoms with Gasteiger partial charge in [-0.15, -0.1) is 0 Å². The predicted octanol–water partition coefficient (Wildman–Crippen LogP) is 1.99. The number of aliphatic imine (C=N–C) groups is 1. The van der Waals surface area contributed by atoms with Crippen LogP contribution in [0.4, 0.5) is 4.79 Å². The molecule has 0 unspecified atom stereocenters. The van der Waals surface area contributed by atoms with Gasteiger partial charge in [0.05, 0.1) is 18.5 Å². The summed E-state index contributed by atoms with van der Waals surface area (Å²) in [5.74, 6) is 0. The highest BCUT2D eigenvalue weighted by Gasteiger charge is 2.23. The number of hydrogen-bond donors (Lipinski definition) is 0. The molecular formula is C13H16N4O2. The highest BCUT2D eigenvalue weighted by Crippen LogP contribution is 2.13. The van der Waals surface area contributed by atoms with E-state index in [0.29, 0.717) is 18.0 Å². The molecule has 0 N–H and O–H groups in total. The highest BCUT2D eigenvalue weighted by molar-refractivity contribution is 6.02. The molecule has 6 heteroatoms. The van der Waals surface area contributed by atoms with Crippen molar-refractivity contribution in [3.8, 4) is 0 Å². The Morgan fingerprint density at radius 1 is 1.37 bits per heavy atom. The van der Waals surface area contributed by atoms with Crippen LogP contribution in [-0.4, -0.2) is 38.8 Å². The maximum atomic E-state index is 12.0. The van der Waals surface area contributed by atoms with Crippen LogP contribution in [0.5, 0.6) is 0 Å². The summed E-state index contributed by atoms with van der Waals surface area (Å²) >= 11 is 0. The van der Waals surface area contributed by atoms with Crippen molar-refractivity contribution < 1.29 is 9.53 Å². The van der Waals surface area contributed by atoms with Crippen LogP contribution in [0.25, 0.3) is 0 Å². The second kappa shape index (κ2) is 5.17. The van der Waals surface area contributed by atoms with Gasteiger partial charge in [-0.3, -0.25) is 19.9 Å². The Bertz CT molecular complexity index is 517. The third kappa shape index (κ3) is 3.61. The monoisotopic (exact) mass is 260 g/mol. The van der Waals surface area contributed by atoms with E-state index in [2.05, 4.69) is 15.0 Å². The third-order valence-corrected chi connectivity index (χ3v) is 2.28. The lowest BCUT2D eigenvalue weighted by Crippen LogP contribution is -2.38. The van der Waals surface area contributed by atoms with Gasteiger partial charge in [0.15, 0.2) is 0 Å². The van der Waals surface area contributed by atoms with Gasteiger partial charge >= 0.3 is 6.09 Å². The summed E-state index contributed by atoms with van der Waals surface area (Å²) in [6, 6.07) is 0. The maximum Gasteiger partial charge on any atom is 0.414 e. The van der Waals surface area contributed by atoms with Gasteiger partial charge < -0.3 is 4.74 Å². The van der Waals surface area contributed by atoms with Crippen molar-refractivity contribution in [2.75, 3.05) is 6.54 Å². The summed E-state index contributed by atoms with van der Waals surface area (Å²) in [7, 11) is 0. The topological polar surface area (TPSA) is 67.7 Å². The fourth-order valence-corrected chi connectivity index (χ4v) is 1.50. The smallest absolute Gasteiger partial charge is 0.414 e. The van der Waals surface area contributed by atoms with Crippen LogP contribution in [0.15, 0.2) is 36.0 Å². The molecule has 0 bridgehead atoms. The van der Waals surface area contributed by atoms with Crippen molar-refractivity contribution in [1.82, 2.24) is 14.9 Å². The minimum Gasteiger partial charge on any atom is -0.443 e. The molecule has 2 rings (SSSR count). The van der Waals surface area contributed by atoms with E-state index >= 15 is 0 Å². The van der Waals surface area contributed by atoms with E-state index in [0.717, 1.165) is 0 Å². The van der Waals surface area contributed by atoms with Crippen LogP contribution >= 0.6 is 0 Å². The van der Waals surface area contributed by atoms with Crippen molar-refractivity contribution in [1.29, 1.82) is 0 Å². The molecule has 1 aliphatic rings. The summed E-state index contributed by atoms with van der Waals surface area (Å²) < 4.78 is 5.31. The van der Waals surface area contributed by atoms with Gasteiger partial charge in [-0.25, -0.2) is 4.79 Å². The molecule has 0 aromatic carbocycles. The third-order valence-electron chi connectivity index (χ3n) is 2.28. The Morgan fingerprint density at radius 2 is 2.16 bits per heavy atom. The summed E-state index contributed by atoms with van der Waals surface area (Å²) in [6.45, 7) is 5.81. The largest absolute Gasteiger partial charge is 0.443 e. The second-order valence-corrected chi connectivity index (χ2v) is 5.07. The number of ether oxygens (including phenoxy) is 1. The van der Waals surface area contributed by atoms with Gasteiger partial charge in [-0.1, -0.05) is 0 Å². The molecule has 1 aliphatic heterocycles. The number of hydrogen-bond acceptors (Lipinski definition) is 5. The van der Waals surface area contributed by atoms with Gasteiger partial charge in [0, 0.05) is 24.8 Å². The average molecular weight is 260 g/mol. The molecule has 100 valence electrons. The molecule has 19 heavy (non-hydrogen) atoms. The molecule has 1 amide bonds. The molecule has 0 spiro atoms. The lowest BCUT2D eigenvalue weighted by Gasteiger charge is -2.26. The Hall–Kier alpha value is -2.24. The Morgan fingerprint density at radius 3 is 2.79 bits per heavy atom. The molecule has 2 heterocycles. The lowest BCUT2D eigenvalue weighted by atomic mass is 10.2. The lowest BCUT2D eigenvalue weighted by molar-refractivity contribution is 0.0355. The molecule has 0 saturated carbocycles. The van der Waals surface area contributed by atoms with Crippen LogP contribution in [0.2, 0.25) is 0 Å². The molecule has 0 aliphatic carbocycles. The molecule has 0 radical (unpaired) electrons. The fourth-order valence-electron chi connectivity index (χ4n) is 1.50. The summed E-state index contributed by atoms with van der Waals surface area (Å²) in [5.41, 5.74) is 0.813. The standard InChI is InChI=1S/C13H16N4O2/c1-13(2,3)19-12(18)17-7-6-16-11(9-17)10-8-14-4-5-15-10/h4-8H,9H2,1-3H3. The Balaban J connectivity index is 2.08. The number of rotatable bonds is 1. The maximum absolute atomic E-state index is 12.0. The normalized spacial score (nSPS) is 15.1. The average Bonchev–Trinajstić information content (AvgIpc) is 2.38. The van der Waals surface area contributed by atoms with Crippen molar-refractivity contribution in [2.45, 2.75) is 26.4 Å². The molecule has 1 aromatic rings. The first-order chi connectivity index (χ1) is 8.96. The molecule has 0 atom stereocenters. The van der Waals surface area contributed by atoms with E-state index in [9.17, 15) is 4.79 Å². The number of carbonyl (C=O) groups is 1. The van der Waals surface area contributed by atoms with Crippen LogP contribution in [-0.2, 0) is 4.74 Å². The molecule has 1 aromatic heterocycles. The van der Waals surface area contributed by atoms with Gasteiger partial charge in [0.1, 0.15) is 11.3 Å². The van der Waals surface area contributed by atoms with Gasteiger partial charge in [0.2, 0.25) is 0 Å². The minimum absolute atomic E-state index is 0.324. The van der Waals surface area contributed by atoms with Crippen molar-refractivity contribution in [3.05, 3.63) is 36.7 Å². The SMILES string of the molecule is CC(C)(C)OC(=O)N1C=CN=C(c2cnccn2)C1. The zero-order chi connectivity index (χ0) is 13.9. The number of nitrogens with zero attached hydrogens (tertiary/aromatic N) is 4. The van der Waals surface area contributed by atoms with Gasteiger partial charge in [0.25, 0.3) is 0 Å². The van der Waals surface area contributed by atoms with E-state index in [1.165, 1.54) is 4.90 Å². The quantitative estimate of drug-likeness (QED) is 0.774. The van der Waals surface area contributed by atoms with E-state index in [1.54, 1.807) is 31.0 Å². The van der Waals surface area contributed by atoms with Crippen molar-refractivity contribution in [3.63, 3.8) is 0 Å². The van der Waals surface area contributed by atoms with Gasteiger partial charge in [-0.05, 0) is 20.8 Å². The van der Waals surface area contributed by atoms with E-state index < -0.39 is 11.7 Å². The first-order valence-electron chi connectivity index (χ1n) is 5.95. The molecule has 6 nitrogen and oxygen atoms in total. The highest BCUT2D eigenvalue weighted by atomic mass is 16.6. The summed E-state index contributed by atoms with van der Waals surface area (Å²) in [5, 5.41) is 0. The van der Waals surface area contributed by atoms with E-state index in [4.69, 9.17) is 4.74 Å². The van der Waals surface area contributed by atoms with Crippen LogP contribution in [0.1, 0.15) is 26.5 Å². The summed E-state index contributed by atoms with van der Waals surface area (Å²) in [6.07, 6.45) is 7.54. The first-order valence-corrected chi connectivity index (χ1v) is 5.95. The van der Waals surface area contributed by atoms with Gasteiger partial charge in [-0.2, -0.15) is 0 Å².